The SMILES string of the molecule is [2H]C([2H])([2H])N1c2cc3oc4c(C)cccc4c3cc2N(c2cc(C(C)(C)C)ccc2C)[C@H]1C. The van der Waals surface area contributed by atoms with Crippen LogP contribution in [-0.2, 0) is 5.41 Å². The van der Waals surface area contributed by atoms with Crippen molar-refractivity contribution in [1.82, 2.24) is 0 Å². The Morgan fingerprint density at radius 1 is 0.900 bits per heavy atom. The average molecular weight is 402 g/mol. The molecular weight excluding hydrogens is 368 g/mol. The lowest BCUT2D eigenvalue weighted by Crippen LogP contribution is -2.36. The van der Waals surface area contributed by atoms with Gasteiger partial charge in [-0.15, -0.1) is 0 Å². The minimum Gasteiger partial charge on any atom is -0.456 e. The maximum Gasteiger partial charge on any atom is 0.138 e. The summed E-state index contributed by atoms with van der Waals surface area (Å²) in [6.45, 7) is 10.4. The molecule has 1 aliphatic heterocycles. The minimum absolute atomic E-state index is 0.0137. The molecule has 0 amide bonds. The van der Waals surface area contributed by atoms with Crippen LogP contribution in [-0.4, -0.2) is 13.1 Å². The molecule has 1 atom stereocenters. The molecule has 2 heterocycles. The summed E-state index contributed by atoms with van der Waals surface area (Å²) in [5.74, 6) is 0. The van der Waals surface area contributed by atoms with Crippen LogP contribution in [0.2, 0.25) is 0 Å². The second-order valence-corrected chi connectivity index (χ2v) is 9.51. The molecule has 0 radical (unpaired) electrons. The molecule has 1 aromatic heterocycles. The number of rotatable bonds is 1. The van der Waals surface area contributed by atoms with E-state index in [-0.39, 0.29) is 11.6 Å². The van der Waals surface area contributed by atoms with Gasteiger partial charge in [-0.2, -0.15) is 0 Å². The second-order valence-electron chi connectivity index (χ2n) is 9.51. The Kier molecular flexibility index (Phi) is 3.31. The molecule has 0 unspecified atom stereocenters. The standard InChI is InChI=1S/C27H30N2O/c1-16-11-12-19(27(4,5)6)13-22(16)29-18(3)28(7)23-15-25-21(14-24(23)29)20-10-8-9-17(2)26(20)30-25/h8-15,18H,1-7H3/t18-/m0/s1/i7D3. The van der Waals surface area contributed by atoms with E-state index in [2.05, 4.69) is 62.9 Å². The highest BCUT2D eigenvalue weighted by molar-refractivity contribution is 6.09. The summed E-state index contributed by atoms with van der Waals surface area (Å²) in [5.41, 5.74) is 7.54. The van der Waals surface area contributed by atoms with Crippen LogP contribution in [0.4, 0.5) is 17.1 Å². The van der Waals surface area contributed by atoms with Gasteiger partial charge in [0.25, 0.3) is 0 Å². The highest BCUT2D eigenvalue weighted by Gasteiger charge is 2.34. The molecule has 0 bridgehead atoms. The van der Waals surface area contributed by atoms with E-state index in [1.807, 2.05) is 32.0 Å². The van der Waals surface area contributed by atoms with Crippen molar-refractivity contribution in [3.05, 3.63) is 65.2 Å². The molecule has 5 rings (SSSR count). The predicted octanol–water partition coefficient (Wildman–Crippen LogP) is 7.43. The Balaban J connectivity index is 1.81. The van der Waals surface area contributed by atoms with Crippen LogP contribution in [0.3, 0.4) is 0 Å². The number of anilines is 3. The monoisotopic (exact) mass is 401 g/mol. The van der Waals surface area contributed by atoms with Crippen LogP contribution in [0.15, 0.2) is 52.9 Å². The van der Waals surface area contributed by atoms with Crippen LogP contribution >= 0.6 is 0 Å². The van der Waals surface area contributed by atoms with Crippen LogP contribution in [0.1, 0.15) is 48.5 Å². The maximum absolute atomic E-state index is 8.29. The fourth-order valence-electron chi connectivity index (χ4n) is 4.53. The molecule has 0 fully saturated rings. The molecule has 3 nitrogen and oxygen atoms in total. The maximum atomic E-state index is 8.29. The molecular formula is C27H30N2O. The summed E-state index contributed by atoms with van der Waals surface area (Å²) in [6.07, 6.45) is -0.374. The first-order valence-corrected chi connectivity index (χ1v) is 10.5. The van der Waals surface area contributed by atoms with Crippen LogP contribution in [0, 0.1) is 13.8 Å². The lowest BCUT2D eigenvalue weighted by Gasteiger charge is -2.30. The molecule has 0 spiro atoms. The third-order valence-corrected chi connectivity index (χ3v) is 6.39. The van der Waals surface area contributed by atoms with Crippen molar-refractivity contribution in [2.45, 2.75) is 53.1 Å². The molecule has 0 saturated carbocycles. The van der Waals surface area contributed by atoms with Crippen LogP contribution in [0.5, 0.6) is 0 Å². The highest BCUT2D eigenvalue weighted by atomic mass is 16.3. The van der Waals surface area contributed by atoms with E-state index in [0.717, 1.165) is 38.9 Å². The first-order chi connectivity index (χ1) is 15.4. The zero-order chi connectivity index (χ0) is 23.9. The first-order valence-electron chi connectivity index (χ1n) is 12.0. The zero-order valence-corrected chi connectivity index (χ0v) is 18.5. The van der Waals surface area contributed by atoms with Gasteiger partial charge in [0.2, 0.25) is 0 Å². The van der Waals surface area contributed by atoms with Gasteiger partial charge in [0.05, 0.1) is 11.4 Å². The van der Waals surface area contributed by atoms with Gasteiger partial charge in [-0.1, -0.05) is 51.1 Å². The van der Waals surface area contributed by atoms with E-state index in [9.17, 15) is 0 Å². The van der Waals surface area contributed by atoms with E-state index in [1.54, 1.807) is 0 Å². The number of nitrogens with zero attached hydrogens (tertiary/aromatic N) is 2. The Bertz CT molecular complexity index is 1390. The summed E-state index contributed by atoms with van der Waals surface area (Å²) in [5, 5.41) is 2.05. The van der Waals surface area contributed by atoms with Gasteiger partial charge in [-0.05, 0) is 55.0 Å². The molecule has 4 aromatic rings. The van der Waals surface area contributed by atoms with Crippen LogP contribution < -0.4 is 9.80 Å². The fraction of sp³-hybridized carbons (Fsp3) is 0.333. The largest absolute Gasteiger partial charge is 0.456 e. The van der Waals surface area contributed by atoms with Gasteiger partial charge >= 0.3 is 0 Å². The van der Waals surface area contributed by atoms with E-state index >= 15 is 0 Å². The smallest absolute Gasteiger partial charge is 0.138 e. The number of fused-ring (bicyclic) bond motifs is 4. The highest BCUT2D eigenvalue weighted by Crippen LogP contribution is 2.48. The third-order valence-electron chi connectivity index (χ3n) is 6.39. The molecule has 3 aromatic carbocycles. The lowest BCUT2D eigenvalue weighted by atomic mass is 9.86. The Morgan fingerprint density at radius 3 is 2.43 bits per heavy atom. The van der Waals surface area contributed by atoms with E-state index in [0.29, 0.717) is 11.3 Å². The van der Waals surface area contributed by atoms with E-state index in [1.165, 1.54) is 10.5 Å². The van der Waals surface area contributed by atoms with E-state index in [4.69, 9.17) is 8.53 Å². The van der Waals surface area contributed by atoms with Gasteiger partial charge in [0.1, 0.15) is 17.3 Å². The number of hydrogen-bond acceptors (Lipinski definition) is 3. The van der Waals surface area contributed by atoms with Gasteiger partial charge in [0.15, 0.2) is 0 Å². The fourth-order valence-corrected chi connectivity index (χ4v) is 4.53. The zero-order valence-electron chi connectivity index (χ0n) is 21.5. The molecule has 0 N–H and O–H groups in total. The number of benzene rings is 3. The lowest BCUT2D eigenvalue weighted by molar-refractivity contribution is 0.589. The quantitative estimate of drug-likeness (QED) is 0.330. The normalized spacial score (nSPS) is 18.6. The van der Waals surface area contributed by atoms with Gasteiger partial charge in [-0.25, -0.2) is 0 Å². The van der Waals surface area contributed by atoms with Crippen molar-refractivity contribution in [1.29, 1.82) is 0 Å². The van der Waals surface area contributed by atoms with Crippen molar-refractivity contribution >= 4 is 39.0 Å². The molecule has 3 heteroatoms. The molecule has 154 valence electrons. The Morgan fingerprint density at radius 2 is 1.70 bits per heavy atom. The minimum atomic E-state index is -2.28. The summed E-state index contributed by atoms with van der Waals surface area (Å²) < 4.78 is 31.1. The van der Waals surface area contributed by atoms with Crippen molar-refractivity contribution in [3.63, 3.8) is 0 Å². The summed E-state index contributed by atoms with van der Waals surface area (Å²) >= 11 is 0. The first kappa shape index (κ1) is 15.8. The second kappa shape index (κ2) is 6.28. The number of aryl methyl sites for hydroxylation is 2. The summed E-state index contributed by atoms with van der Waals surface area (Å²) in [6, 6.07) is 16.6. The predicted molar refractivity (Wildman–Crippen MR) is 128 cm³/mol. The number of hydrogen-bond donors (Lipinski definition) is 0. The Labute approximate surface area is 183 Å². The summed E-state index contributed by atoms with van der Waals surface area (Å²) in [4.78, 5) is 3.70. The van der Waals surface area contributed by atoms with Crippen molar-refractivity contribution < 1.29 is 8.53 Å². The molecule has 1 aliphatic rings. The summed E-state index contributed by atoms with van der Waals surface area (Å²) in [7, 11) is 0. The van der Waals surface area contributed by atoms with Crippen LogP contribution in [0.25, 0.3) is 21.9 Å². The number of para-hydroxylation sites is 1. The van der Waals surface area contributed by atoms with Gasteiger partial charge < -0.3 is 14.2 Å². The van der Waals surface area contributed by atoms with E-state index < -0.39 is 6.98 Å². The Hall–Kier alpha value is -2.94. The number of furan rings is 1. The molecule has 0 saturated heterocycles. The topological polar surface area (TPSA) is 19.6 Å². The molecule has 30 heavy (non-hydrogen) atoms. The average Bonchev–Trinajstić information content (AvgIpc) is 3.20. The van der Waals surface area contributed by atoms with Gasteiger partial charge in [-0.3, -0.25) is 0 Å². The van der Waals surface area contributed by atoms with Gasteiger partial charge in [0, 0.05) is 33.6 Å². The molecule has 0 aliphatic carbocycles. The van der Waals surface area contributed by atoms with Crippen molar-refractivity contribution in [3.8, 4) is 0 Å². The van der Waals surface area contributed by atoms with Crippen molar-refractivity contribution in [2.24, 2.45) is 0 Å². The van der Waals surface area contributed by atoms with Crippen molar-refractivity contribution in [2.75, 3.05) is 16.8 Å². The third kappa shape index (κ3) is 2.64.